The van der Waals surface area contributed by atoms with E-state index >= 15 is 0 Å². The lowest BCUT2D eigenvalue weighted by molar-refractivity contribution is -0.117. The topological polar surface area (TPSA) is 113 Å². The Balaban J connectivity index is 1.45. The normalized spacial score (nSPS) is 13.1. The Kier molecular flexibility index (Phi) is 7.21. The molecule has 0 saturated heterocycles. The Hall–Kier alpha value is -4.05. The van der Waals surface area contributed by atoms with Gasteiger partial charge in [0, 0.05) is 35.4 Å². The Morgan fingerprint density at radius 3 is 2.49 bits per heavy atom. The zero-order valence-corrected chi connectivity index (χ0v) is 20.5. The molecular formula is C25H31N7O3. The molecule has 2 aromatic carbocycles. The number of hydrogen-bond acceptors (Lipinski definition) is 9. The summed E-state index contributed by atoms with van der Waals surface area (Å²) in [4.78, 5) is 21.2. The first-order chi connectivity index (χ1) is 16.8. The first-order valence-corrected chi connectivity index (χ1v) is 11.5. The van der Waals surface area contributed by atoms with Gasteiger partial charge in [-0.1, -0.05) is 13.8 Å². The van der Waals surface area contributed by atoms with E-state index in [1.54, 1.807) is 12.1 Å². The van der Waals surface area contributed by atoms with E-state index in [1.165, 1.54) is 6.33 Å². The number of nitrogens with one attached hydrogen (secondary N) is 4. The predicted molar refractivity (Wildman–Crippen MR) is 136 cm³/mol. The SMILES string of the molecule is COc1cc(OC(C)C)cc2ncnc(Nc3ccc(NC(=O)CN4C=C(C(C)C)NN4)cc3)c12. The van der Waals surface area contributed by atoms with Gasteiger partial charge in [-0.05, 0) is 44.0 Å². The molecule has 35 heavy (non-hydrogen) atoms. The molecule has 10 nitrogen and oxygen atoms in total. The fourth-order valence-corrected chi connectivity index (χ4v) is 3.60. The lowest BCUT2D eigenvalue weighted by atomic mass is 10.2. The van der Waals surface area contributed by atoms with Gasteiger partial charge in [0.1, 0.15) is 30.2 Å². The molecule has 0 saturated carbocycles. The number of nitrogens with zero attached hydrogens (tertiary/aromatic N) is 3. The number of aromatic nitrogens is 2. The number of methoxy groups -OCH3 is 1. The molecule has 1 aromatic heterocycles. The predicted octanol–water partition coefficient (Wildman–Crippen LogP) is 3.93. The second kappa shape index (κ2) is 10.5. The number of rotatable bonds is 9. The molecule has 4 N–H and O–H groups in total. The average Bonchev–Trinajstić information content (AvgIpc) is 3.28. The molecule has 0 fully saturated rings. The molecule has 0 bridgehead atoms. The standard InChI is InChI=1S/C25H31N7O3/c1-15(2)21-12-32(31-30-21)13-23(33)28-17-6-8-18(9-7-17)29-25-24-20(26-14-27-25)10-19(35-16(3)4)11-22(24)34-5/h6-12,14-16,30-31H,13H2,1-5H3,(H,28,33)(H,26,27,29). The van der Waals surface area contributed by atoms with Gasteiger partial charge >= 0.3 is 0 Å². The van der Waals surface area contributed by atoms with Crippen LogP contribution in [0.25, 0.3) is 10.9 Å². The van der Waals surface area contributed by atoms with Crippen molar-refractivity contribution < 1.29 is 14.3 Å². The van der Waals surface area contributed by atoms with Gasteiger partial charge in [-0.2, -0.15) is 0 Å². The Morgan fingerprint density at radius 2 is 1.83 bits per heavy atom. The van der Waals surface area contributed by atoms with Crippen LogP contribution in [-0.2, 0) is 4.79 Å². The van der Waals surface area contributed by atoms with Gasteiger partial charge in [0.25, 0.3) is 0 Å². The molecule has 4 rings (SSSR count). The van der Waals surface area contributed by atoms with Gasteiger partial charge in [0.15, 0.2) is 0 Å². The van der Waals surface area contributed by atoms with Crippen LogP contribution in [0.1, 0.15) is 27.7 Å². The second-order valence-corrected chi connectivity index (χ2v) is 8.76. The molecule has 0 unspecified atom stereocenters. The number of amides is 1. The summed E-state index contributed by atoms with van der Waals surface area (Å²) in [6.45, 7) is 8.28. The van der Waals surface area contributed by atoms with Crippen LogP contribution < -0.4 is 31.1 Å². The van der Waals surface area contributed by atoms with Crippen molar-refractivity contribution >= 4 is 34.0 Å². The number of carbonyl (C=O) groups is 1. The smallest absolute Gasteiger partial charge is 0.245 e. The fourth-order valence-electron chi connectivity index (χ4n) is 3.60. The minimum Gasteiger partial charge on any atom is -0.496 e. The molecule has 0 radical (unpaired) electrons. The minimum atomic E-state index is -0.132. The molecule has 1 aliphatic heterocycles. The second-order valence-electron chi connectivity index (χ2n) is 8.76. The number of hydrogen-bond donors (Lipinski definition) is 4. The summed E-state index contributed by atoms with van der Waals surface area (Å²) < 4.78 is 11.4. The number of benzene rings is 2. The average molecular weight is 478 g/mol. The van der Waals surface area contributed by atoms with Crippen LogP contribution in [0.2, 0.25) is 0 Å². The van der Waals surface area contributed by atoms with Crippen molar-refractivity contribution in [3.05, 3.63) is 54.6 Å². The van der Waals surface area contributed by atoms with Crippen molar-refractivity contribution in [3.63, 3.8) is 0 Å². The molecule has 10 heteroatoms. The molecular weight excluding hydrogens is 446 g/mol. The first kappa shape index (κ1) is 24.1. The van der Waals surface area contributed by atoms with Crippen molar-refractivity contribution in [1.82, 2.24) is 25.9 Å². The van der Waals surface area contributed by atoms with Crippen molar-refractivity contribution in [2.45, 2.75) is 33.8 Å². The van der Waals surface area contributed by atoms with Crippen molar-refractivity contribution in [3.8, 4) is 11.5 Å². The highest BCUT2D eigenvalue weighted by Crippen LogP contribution is 2.35. The van der Waals surface area contributed by atoms with Crippen LogP contribution in [0.3, 0.4) is 0 Å². The Labute approximate surface area is 204 Å². The van der Waals surface area contributed by atoms with Gasteiger partial charge in [0.05, 0.1) is 24.1 Å². The number of anilines is 3. The van der Waals surface area contributed by atoms with Crippen LogP contribution in [0.4, 0.5) is 17.2 Å². The molecule has 0 spiro atoms. The number of hydrazine groups is 2. The lowest BCUT2D eigenvalue weighted by Gasteiger charge is -2.16. The minimum absolute atomic E-state index is 0.0350. The molecule has 1 amide bonds. The van der Waals surface area contributed by atoms with E-state index in [2.05, 4.69) is 45.4 Å². The number of carbonyl (C=O) groups excluding carboxylic acids is 1. The maximum absolute atomic E-state index is 12.4. The molecule has 0 aliphatic carbocycles. The van der Waals surface area contributed by atoms with E-state index in [-0.39, 0.29) is 18.6 Å². The van der Waals surface area contributed by atoms with E-state index in [1.807, 2.05) is 56.4 Å². The number of allylic oxidation sites excluding steroid dienone is 1. The third kappa shape index (κ3) is 5.90. The van der Waals surface area contributed by atoms with Gasteiger partial charge in [0.2, 0.25) is 5.91 Å². The van der Waals surface area contributed by atoms with Crippen LogP contribution >= 0.6 is 0 Å². The van der Waals surface area contributed by atoms with Crippen LogP contribution in [0.5, 0.6) is 11.5 Å². The van der Waals surface area contributed by atoms with Crippen molar-refractivity contribution in [2.75, 3.05) is 24.3 Å². The maximum atomic E-state index is 12.4. The summed E-state index contributed by atoms with van der Waals surface area (Å²) in [5.41, 5.74) is 9.27. The Morgan fingerprint density at radius 1 is 1.09 bits per heavy atom. The Bertz CT molecular complexity index is 1230. The van der Waals surface area contributed by atoms with E-state index < -0.39 is 0 Å². The lowest BCUT2D eigenvalue weighted by Crippen LogP contribution is -2.41. The summed E-state index contributed by atoms with van der Waals surface area (Å²) >= 11 is 0. The maximum Gasteiger partial charge on any atom is 0.245 e. The zero-order chi connectivity index (χ0) is 24.9. The van der Waals surface area contributed by atoms with E-state index in [0.29, 0.717) is 34.4 Å². The van der Waals surface area contributed by atoms with Crippen molar-refractivity contribution in [2.24, 2.45) is 5.92 Å². The molecule has 1 aliphatic rings. The summed E-state index contributed by atoms with van der Waals surface area (Å²) in [5.74, 6) is 2.13. The molecule has 0 atom stereocenters. The summed E-state index contributed by atoms with van der Waals surface area (Å²) in [6, 6.07) is 11.1. The first-order valence-electron chi connectivity index (χ1n) is 11.5. The van der Waals surface area contributed by atoms with Gasteiger partial charge < -0.3 is 25.5 Å². The fraction of sp³-hybridized carbons (Fsp3) is 0.320. The van der Waals surface area contributed by atoms with Crippen LogP contribution in [-0.4, -0.2) is 40.6 Å². The van der Waals surface area contributed by atoms with E-state index in [0.717, 1.165) is 16.8 Å². The van der Waals surface area contributed by atoms with Crippen LogP contribution in [0, 0.1) is 5.92 Å². The van der Waals surface area contributed by atoms with Gasteiger partial charge in [-0.25, -0.2) is 9.97 Å². The largest absolute Gasteiger partial charge is 0.496 e. The highest BCUT2D eigenvalue weighted by Gasteiger charge is 2.17. The third-order valence-corrected chi connectivity index (χ3v) is 5.27. The van der Waals surface area contributed by atoms with E-state index in [9.17, 15) is 4.79 Å². The summed E-state index contributed by atoms with van der Waals surface area (Å²) in [6.07, 6.45) is 3.43. The quantitative estimate of drug-likeness (QED) is 0.364. The molecule has 3 aromatic rings. The highest BCUT2D eigenvalue weighted by molar-refractivity contribution is 5.97. The van der Waals surface area contributed by atoms with Gasteiger partial charge in [-0.3, -0.25) is 9.80 Å². The molecule has 2 heterocycles. The highest BCUT2D eigenvalue weighted by atomic mass is 16.5. The third-order valence-electron chi connectivity index (χ3n) is 5.27. The number of fused-ring (bicyclic) bond motifs is 1. The number of ether oxygens (including phenoxy) is 2. The van der Waals surface area contributed by atoms with Gasteiger partial charge in [-0.15, -0.1) is 5.53 Å². The summed E-state index contributed by atoms with van der Waals surface area (Å²) in [5, 5.41) is 8.69. The van der Waals surface area contributed by atoms with E-state index in [4.69, 9.17) is 9.47 Å². The zero-order valence-electron chi connectivity index (χ0n) is 20.5. The van der Waals surface area contributed by atoms with Crippen LogP contribution in [0.15, 0.2) is 54.6 Å². The molecule has 184 valence electrons. The summed E-state index contributed by atoms with van der Waals surface area (Å²) in [7, 11) is 1.61. The van der Waals surface area contributed by atoms with Crippen molar-refractivity contribution in [1.29, 1.82) is 0 Å². The monoisotopic (exact) mass is 477 g/mol.